The predicted octanol–water partition coefficient (Wildman–Crippen LogP) is 4.83. The first kappa shape index (κ1) is 17.9. The molecular formula is C16H28FNO2Si. The van der Waals surface area contributed by atoms with E-state index >= 15 is 0 Å². The van der Waals surface area contributed by atoms with Gasteiger partial charge in [0.25, 0.3) is 0 Å². The average molecular weight is 313 g/mol. The van der Waals surface area contributed by atoms with Crippen LogP contribution in [0.1, 0.15) is 59.0 Å². The summed E-state index contributed by atoms with van der Waals surface area (Å²) in [7, 11) is -2.14. The second-order valence-electron chi connectivity index (χ2n) is 6.45. The number of carbonyl (C=O) groups is 1. The van der Waals surface area contributed by atoms with Crippen molar-refractivity contribution in [2.75, 3.05) is 6.61 Å². The third kappa shape index (κ3) is 2.93. The van der Waals surface area contributed by atoms with Crippen molar-refractivity contribution in [2.45, 2.75) is 65.1 Å². The Morgan fingerprint density at radius 1 is 1.19 bits per heavy atom. The van der Waals surface area contributed by atoms with Gasteiger partial charge < -0.3 is 8.97 Å². The first-order chi connectivity index (χ1) is 9.71. The van der Waals surface area contributed by atoms with Crippen LogP contribution in [0.25, 0.3) is 0 Å². The van der Waals surface area contributed by atoms with Crippen LogP contribution in [0, 0.1) is 5.82 Å². The monoisotopic (exact) mass is 313 g/mol. The number of hydrogen-bond donors (Lipinski definition) is 0. The number of nitrogens with zero attached hydrogens (tertiary/aromatic N) is 1. The highest BCUT2D eigenvalue weighted by Crippen LogP contribution is 2.43. The number of rotatable bonds is 6. The number of aromatic nitrogens is 1. The van der Waals surface area contributed by atoms with Crippen molar-refractivity contribution in [3.63, 3.8) is 0 Å². The molecule has 0 bridgehead atoms. The van der Waals surface area contributed by atoms with E-state index < -0.39 is 20.0 Å². The minimum absolute atomic E-state index is 0.0969. The third-order valence-corrected chi connectivity index (χ3v) is 11.3. The molecule has 21 heavy (non-hydrogen) atoms. The third-order valence-electron chi connectivity index (χ3n) is 4.50. The fourth-order valence-electron chi connectivity index (χ4n) is 3.96. The summed E-state index contributed by atoms with van der Waals surface area (Å²) in [6.45, 7) is 15.1. The van der Waals surface area contributed by atoms with E-state index in [4.69, 9.17) is 4.74 Å². The van der Waals surface area contributed by atoms with Crippen LogP contribution in [0.4, 0.5) is 4.39 Å². The summed E-state index contributed by atoms with van der Waals surface area (Å²) < 4.78 is 21.2. The summed E-state index contributed by atoms with van der Waals surface area (Å²) in [6.07, 6.45) is 1.74. The van der Waals surface area contributed by atoms with Gasteiger partial charge >= 0.3 is 5.97 Å². The molecule has 1 aromatic heterocycles. The Kier molecular flexibility index (Phi) is 5.79. The van der Waals surface area contributed by atoms with Crippen LogP contribution in [0.3, 0.4) is 0 Å². The quantitative estimate of drug-likeness (QED) is 0.556. The van der Waals surface area contributed by atoms with Gasteiger partial charge in [0.2, 0.25) is 0 Å². The Bertz CT molecular complexity index is 473. The molecule has 0 aliphatic heterocycles. The van der Waals surface area contributed by atoms with Crippen LogP contribution >= 0.6 is 0 Å². The highest BCUT2D eigenvalue weighted by molar-refractivity contribution is 6.82. The van der Waals surface area contributed by atoms with E-state index in [1.165, 1.54) is 6.07 Å². The topological polar surface area (TPSA) is 31.2 Å². The van der Waals surface area contributed by atoms with E-state index in [0.29, 0.717) is 16.6 Å². The predicted molar refractivity (Wildman–Crippen MR) is 86.8 cm³/mol. The van der Waals surface area contributed by atoms with E-state index in [2.05, 4.69) is 41.5 Å². The SMILES string of the molecule is CCOC(=O)c1c(F)ccn1[Si](C(C)C)(C(C)C)C(C)C. The maximum atomic E-state index is 14.2. The second kappa shape index (κ2) is 6.77. The van der Waals surface area contributed by atoms with Gasteiger partial charge in [0.05, 0.1) is 6.61 Å². The van der Waals surface area contributed by atoms with Crippen molar-refractivity contribution in [3.8, 4) is 0 Å². The Labute approximate surface area is 128 Å². The number of carbonyl (C=O) groups excluding carboxylic acids is 1. The lowest BCUT2D eigenvalue weighted by Crippen LogP contribution is -2.53. The summed E-state index contributed by atoms with van der Waals surface area (Å²) >= 11 is 0. The van der Waals surface area contributed by atoms with Gasteiger partial charge in [0.1, 0.15) is 0 Å². The molecule has 0 saturated heterocycles. The van der Waals surface area contributed by atoms with Crippen molar-refractivity contribution < 1.29 is 13.9 Å². The number of esters is 1. The van der Waals surface area contributed by atoms with Crippen LogP contribution in [-0.2, 0) is 4.74 Å². The Hall–Kier alpha value is -1.10. The molecule has 1 rings (SSSR count). The number of halogens is 1. The molecule has 0 unspecified atom stereocenters. The average Bonchev–Trinajstić information content (AvgIpc) is 2.71. The molecular weight excluding hydrogens is 285 g/mol. The molecule has 0 aliphatic rings. The van der Waals surface area contributed by atoms with Crippen molar-refractivity contribution in [2.24, 2.45) is 0 Å². The van der Waals surface area contributed by atoms with Gasteiger partial charge in [0, 0.05) is 0 Å². The largest absolute Gasteiger partial charge is 0.461 e. The zero-order chi connectivity index (χ0) is 16.4. The van der Waals surface area contributed by atoms with Crippen molar-refractivity contribution in [3.05, 3.63) is 23.8 Å². The standard InChI is InChI=1S/C16H28FNO2Si/c1-8-20-16(19)15-14(17)9-10-18(15)21(11(2)3,12(4)5)13(6)7/h9-13H,8H2,1-7H3. The van der Waals surface area contributed by atoms with Crippen molar-refractivity contribution in [1.29, 1.82) is 0 Å². The smallest absolute Gasteiger partial charge is 0.357 e. The van der Waals surface area contributed by atoms with E-state index in [-0.39, 0.29) is 12.3 Å². The molecule has 1 heterocycles. The molecule has 0 saturated carbocycles. The van der Waals surface area contributed by atoms with Crippen LogP contribution in [0.5, 0.6) is 0 Å². The van der Waals surface area contributed by atoms with Gasteiger partial charge in [-0.3, -0.25) is 0 Å². The van der Waals surface area contributed by atoms with Gasteiger partial charge in [-0.2, -0.15) is 0 Å². The van der Waals surface area contributed by atoms with Crippen molar-refractivity contribution in [1.82, 2.24) is 4.23 Å². The van der Waals surface area contributed by atoms with E-state index in [0.717, 1.165) is 0 Å². The molecule has 0 N–H and O–H groups in total. The summed E-state index contributed by atoms with van der Waals surface area (Å²) in [5, 5.41) is 0. The summed E-state index contributed by atoms with van der Waals surface area (Å²) in [5.74, 6) is -1.04. The highest BCUT2D eigenvalue weighted by atomic mass is 28.3. The fourth-order valence-corrected chi connectivity index (χ4v) is 10.5. The number of hydrogen-bond acceptors (Lipinski definition) is 2. The zero-order valence-corrected chi connectivity index (χ0v) is 15.2. The maximum absolute atomic E-state index is 14.2. The first-order valence-electron chi connectivity index (χ1n) is 7.75. The fraction of sp³-hybridized carbons (Fsp3) is 0.688. The lowest BCUT2D eigenvalue weighted by molar-refractivity contribution is 0.0512. The Morgan fingerprint density at radius 2 is 1.67 bits per heavy atom. The van der Waals surface area contributed by atoms with E-state index in [1.807, 2.05) is 4.23 Å². The molecule has 120 valence electrons. The molecule has 0 fully saturated rings. The minimum Gasteiger partial charge on any atom is -0.461 e. The summed E-state index contributed by atoms with van der Waals surface area (Å²) in [4.78, 5) is 12.2. The van der Waals surface area contributed by atoms with E-state index in [9.17, 15) is 9.18 Å². The zero-order valence-electron chi connectivity index (χ0n) is 14.2. The molecule has 0 aliphatic carbocycles. The molecule has 1 aromatic rings. The van der Waals surface area contributed by atoms with Gasteiger partial charge in [-0.1, -0.05) is 41.5 Å². The summed E-state index contributed by atoms with van der Waals surface area (Å²) in [6, 6.07) is 1.39. The number of ether oxygens (including phenoxy) is 1. The maximum Gasteiger partial charge on any atom is 0.357 e. The van der Waals surface area contributed by atoms with E-state index in [1.54, 1.807) is 13.1 Å². The van der Waals surface area contributed by atoms with Gasteiger partial charge in [-0.25, -0.2) is 9.18 Å². The highest BCUT2D eigenvalue weighted by Gasteiger charge is 2.47. The molecule has 3 nitrogen and oxygen atoms in total. The van der Waals surface area contributed by atoms with Crippen LogP contribution < -0.4 is 0 Å². The normalized spacial score (nSPS) is 12.5. The molecule has 0 spiro atoms. The Balaban J connectivity index is 3.57. The van der Waals surface area contributed by atoms with Gasteiger partial charge in [-0.15, -0.1) is 0 Å². The lowest BCUT2D eigenvalue weighted by Gasteiger charge is -2.44. The molecule has 0 atom stereocenters. The Morgan fingerprint density at radius 3 is 2.05 bits per heavy atom. The van der Waals surface area contributed by atoms with Crippen LogP contribution in [0.15, 0.2) is 12.3 Å². The minimum atomic E-state index is -2.14. The molecule has 5 heteroatoms. The molecule has 0 amide bonds. The second-order valence-corrected chi connectivity index (χ2v) is 12.2. The van der Waals surface area contributed by atoms with Crippen LogP contribution in [0.2, 0.25) is 16.6 Å². The molecule has 0 aromatic carbocycles. The van der Waals surface area contributed by atoms with Gasteiger partial charge in [0.15, 0.2) is 19.7 Å². The van der Waals surface area contributed by atoms with Gasteiger partial charge in [-0.05, 0) is 35.8 Å². The summed E-state index contributed by atoms with van der Waals surface area (Å²) in [5.41, 5.74) is 1.26. The lowest BCUT2D eigenvalue weighted by atomic mass is 10.4. The molecule has 0 radical (unpaired) electrons. The first-order valence-corrected chi connectivity index (χ1v) is 9.93. The van der Waals surface area contributed by atoms with Crippen LogP contribution in [-0.4, -0.2) is 25.0 Å². The van der Waals surface area contributed by atoms with Crippen molar-refractivity contribution >= 4 is 14.2 Å².